The van der Waals surface area contributed by atoms with Crippen LogP contribution in [0.4, 0.5) is 5.00 Å². The fourth-order valence-corrected chi connectivity index (χ4v) is 4.16. The van der Waals surface area contributed by atoms with Crippen molar-refractivity contribution in [3.8, 4) is 0 Å². The highest BCUT2D eigenvalue weighted by Gasteiger charge is 2.35. The molecule has 0 amide bonds. The maximum Gasteiger partial charge on any atom is 0.338 e. The number of carbonyl (C=O) groups excluding carboxylic acids is 1. The molecule has 1 aliphatic rings. The molecular weight excluding hydrogens is 396 g/mol. The van der Waals surface area contributed by atoms with Crippen LogP contribution in [0, 0.1) is 6.92 Å². The van der Waals surface area contributed by atoms with Crippen molar-refractivity contribution >= 4 is 22.3 Å². The molecule has 1 unspecified atom stereocenters. The Morgan fingerprint density at radius 2 is 1.70 bits per heavy atom. The van der Waals surface area contributed by atoms with Gasteiger partial charge in [-0.25, -0.2) is 9.78 Å². The maximum atomic E-state index is 12.6. The Labute approximate surface area is 181 Å². The lowest BCUT2D eigenvalue weighted by Gasteiger charge is -2.28. The lowest BCUT2D eigenvalue weighted by atomic mass is 9.99. The van der Waals surface area contributed by atoms with E-state index in [1.54, 1.807) is 24.5 Å². The second-order valence-electron chi connectivity index (χ2n) is 6.63. The van der Waals surface area contributed by atoms with Crippen LogP contribution in [0.1, 0.15) is 48.4 Å². The quantitative estimate of drug-likeness (QED) is 0.508. The van der Waals surface area contributed by atoms with Gasteiger partial charge in [0.2, 0.25) is 0 Å². The number of carbonyl (C=O) groups is 1. The fourth-order valence-electron chi connectivity index (χ4n) is 3.35. The number of nitrogens with zero attached hydrogens (tertiary/aromatic N) is 1. The summed E-state index contributed by atoms with van der Waals surface area (Å²) in [5.74, 6) is -0.402. The molecule has 156 valence electrons. The van der Waals surface area contributed by atoms with Crippen molar-refractivity contribution in [2.75, 3.05) is 11.9 Å². The molecule has 6 heteroatoms. The van der Waals surface area contributed by atoms with E-state index in [1.807, 2.05) is 67.6 Å². The minimum absolute atomic E-state index is 0. The molecule has 0 aliphatic carbocycles. The van der Waals surface area contributed by atoms with Gasteiger partial charge in [-0.3, -0.25) is 0 Å². The zero-order valence-electron chi connectivity index (χ0n) is 16.3. The van der Waals surface area contributed by atoms with Crippen LogP contribution in [0.25, 0.3) is 0 Å². The number of nitrogens with one attached hydrogen (secondary N) is 1. The monoisotopic (exact) mass is 422 g/mol. The Morgan fingerprint density at radius 3 is 2.27 bits per heavy atom. The fraction of sp³-hybridized carbons (Fsp3) is 0.250. The first-order valence-corrected chi connectivity index (χ1v) is 10.4. The lowest BCUT2D eigenvalue weighted by Crippen LogP contribution is -2.24. The molecule has 30 heavy (non-hydrogen) atoms. The van der Waals surface area contributed by atoms with Gasteiger partial charge in [-0.1, -0.05) is 68.1 Å². The van der Waals surface area contributed by atoms with Crippen molar-refractivity contribution in [1.82, 2.24) is 4.98 Å². The Bertz CT molecular complexity index is 976. The second-order valence-corrected chi connectivity index (χ2v) is 7.83. The second kappa shape index (κ2) is 9.69. The molecule has 2 heterocycles. The summed E-state index contributed by atoms with van der Waals surface area (Å²) in [7, 11) is 0. The van der Waals surface area contributed by atoms with E-state index in [0.29, 0.717) is 12.2 Å². The molecular formula is C24H26N2O3S. The molecule has 1 atom stereocenters. The average Bonchev–Trinajstić information content (AvgIpc) is 3.14. The topological polar surface area (TPSA) is 60.5 Å². The zero-order chi connectivity index (χ0) is 20.2. The zero-order valence-corrected chi connectivity index (χ0v) is 17.1. The third kappa shape index (κ3) is 4.45. The van der Waals surface area contributed by atoms with Crippen molar-refractivity contribution < 1.29 is 14.3 Å². The Hall–Kier alpha value is -2.96. The minimum Gasteiger partial charge on any atom is -0.463 e. The van der Waals surface area contributed by atoms with Gasteiger partial charge in [-0.05, 0) is 25.0 Å². The number of thiazole rings is 1. The van der Waals surface area contributed by atoms with Crippen LogP contribution >= 0.6 is 11.3 Å². The number of anilines is 1. The molecule has 0 saturated heterocycles. The van der Waals surface area contributed by atoms with E-state index in [2.05, 4.69) is 10.3 Å². The lowest BCUT2D eigenvalue weighted by molar-refractivity contribution is -0.140. The van der Waals surface area contributed by atoms with Gasteiger partial charge in [-0.2, -0.15) is 0 Å². The number of rotatable bonds is 6. The molecule has 3 aromatic rings. The normalized spacial score (nSPS) is 14.9. The molecule has 0 bridgehead atoms. The summed E-state index contributed by atoms with van der Waals surface area (Å²) in [5, 5.41) is 4.97. The van der Waals surface area contributed by atoms with Gasteiger partial charge in [0.1, 0.15) is 22.9 Å². The van der Waals surface area contributed by atoms with E-state index >= 15 is 0 Å². The van der Waals surface area contributed by atoms with E-state index in [4.69, 9.17) is 9.47 Å². The van der Waals surface area contributed by atoms with Crippen molar-refractivity contribution in [1.29, 1.82) is 0 Å². The summed E-state index contributed by atoms with van der Waals surface area (Å²) in [6.45, 7) is 4.03. The number of esters is 1. The first kappa shape index (κ1) is 21.7. The van der Waals surface area contributed by atoms with Crippen molar-refractivity contribution in [2.45, 2.75) is 33.5 Å². The molecule has 0 saturated carbocycles. The number of fused-ring (bicyclic) bond motifs is 1. The highest BCUT2D eigenvalue weighted by Crippen LogP contribution is 2.42. The van der Waals surface area contributed by atoms with E-state index in [-0.39, 0.29) is 13.5 Å². The van der Waals surface area contributed by atoms with Crippen LogP contribution in [-0.2, 0) is 14.3 Å². The van der Waals surface area contributed by atoms with E-state index in [0.717, 1.165) is 26.8 Å². The number of hydrogen-bond donors (Lipinski definition) is 1. The van der Waals surface area contributed by atoms with Gasteiger partial charge in [0.15, 0.2) is 0 Å². The first-order chi connectivity index (χ1) is 14.2. The molecule has 4 rings (SSSR count). The molecule has 1 N–H and O–H groups in total. The summed E-state index contributed by atoms with van der Waals surface area (Å²) in [6, 6.07) is 20.0. The summed E-state index contributed by atoms with van der Waals surface area (Å²) >= 11 is 1.54. The van der Waals surface area contributed by atoms with Gasteiger partial charge in [-0.15, -0.1) is 11.3 Å². The highest BCUT2D eigenvalue weighted by atomic mass is 32.1. The number of aromatic nitrogens is 1. The van der Waals surface area contributed by atoms with Crippen molar-refractivity contribution in [3.05, 3.63) is 94.3 Å². The van der Waals surface area contributed by atoms with E-state index < -0.39 is 12.1 Å². The molecule has 0 spiro atoms. The van der Waals surface area contributed by atoms with E-state index in [9.17, 15) is 4.79 Å². The summed E-state index contributed by atoms with van der Waals surface area (Å²) in [4.78, 5) is 17.3. The van der Waals surface area contributed by atoms with Gasteiger partial charge in [0.05, 0.1) is 17.2 Å². The van der Waals surface area contributed by atoms with Gasteiger partial charge in [0, 0.05) is 6.20 Å². The van der Waals surface area contributed by atoms with Crippen LogP contribution in [0.2, 0.25) is 0 Å². The third-order valence-electron chi connectivity index (χ3n) is 4.64. The van der Waals surface area contributed by atoms with Crippen molar-refractivity contribution in [3.63, 3.8) is 0 Å². The SMILES string of the molecule is C.CCOC(=O)C1=CNc2sc(C)nc2C1OC(c1ccccc1)c1ccccc1. The Balaban J connectivity index is 0.00000256. The van der Waals surface area contributed by atoms with Crippen molar-refractivity contribution in [2.24, 2.45) is 0 Å². The van der Waals surface area contributed by atoms with Crippen LogP contribution < -0.4 is 5.32 Å². The molecule has 1 aliphatic heterocycles. The average molecular weight is 423 g/mol. The summed E-state index contributed by atoms with van der Waals surface area (Å²) in [5.41, 5.74) is 3.15. The smallest absolute Gasteiger partial charge is 0.338 e. The number of aryl methyl sites for hydroxylation is 1. The van der Waals surface area contributed by atoms with Crippen LogP contribution in [-0.4, -0.2) is 17.6 Å². The highest BCUT2D eigenvalue weighted by molar-refractivity contribution is 7.15. The molecule has 0 radical (unpaired) electrons. The summed E-state index contributed by atoms with van der Waals surface area (Å²) in [6.07, 6.45) is 0.698. The molecule has 0 fully saturated rings. The third-order valence-corrected chi connectivity index (χ3v) is 5.56. The van der Waals surface area contributed by atoms with Crippen LogP contribution in [0.5, 0.6) is 0 Å². The maximum absolute atomic E-state index is 12.6. The van der Waals surface area contributed by atoms with E-state index in [1.165, 1.54) is 0 Å². The number of benzene rings is 2. The summed E-state index contributed by atoms with van der Waals surface area (Å²) < 4.78 is 11.9. The Morgan fingerprint density at radius 1 is 1.10 bits per heavy atom. The first-order valence-electron chi connectivity index (χ1n) is 9.53. The minimum atomic E-state index is -0.624. The van der Waals surface area contributed by atoms with Gasteiger partial charge >= 0.3 is 5.97 Å². The molecule has 5 nitrogen and oxygen atoms in total. The number of ether oxygens (including phenoxy) is 2. The van der Waals surface area contributed by atoms with Crippen LogP contribution in [0.15, 0.2) is 72.4 Å². The number of hydrogen-bond acceptors (Lipinski definition) is 6. The molecule has 1 aromatic heterocycles. The largest absolute Gasteiger partial charge is 0.463 e. The Kier molecular flexibility index (Phi) is 7.03. The predicted molar refractivity (Wildman–Crippen MR) is 120 cm³/mol. The van der Waals surface area contributed by atoms with Gasteiger partial charge < -0.3 is 14.8 Å². The standard InChI is InChI=1S/C23H22N2O3S.CH4/c1-3-27-23(26)18-14-24-22-19(25-15(2)29-22)21(18)28-20(16-10-6-4-7-11-16)17-12-8-5-9-13-17;/h4-14,20-21,24H,3H2,1-2H3;1H4. The van der Waals surface area contributed by atoms with Gasteiger partial charge in [0.25, 0.3) is 0 Å². The van der Waals surface area contributed by atoms with Crippen LogP contribution in [0.3, 0.4) is 0 Å². The predicted octanol–water partition coefficient (Wildman–Crippen LogP) is 5.81. The molecule has 2 aromatic carbocycles.